The molecule has 0 saturated carbocycles. The summed E-state index contributed by atoms with van der Waals surface area (Å²) in [4.78, 5) is 30.9. The van der Waals surface area contributed by atoms with Crippen LogP contribution >= 0.6 is 0 Å². The van der Waals surface area contributed by atoms with Gasteiger partial charge < -0.3 is 20.5 Å². The average molecular weight is 427 g/mol. The predicted octanol–water partition coefficient (Wildman–Crippen LogP) is 4.72. The number of hydrogen-bond donors (Lipinski definition) is 4. The summed E-state index contributed by atoms with van der Waals surface area (Å²) in [6, 6.07) is 17.7. The van der Waals surface area contributed by atoms with E-state index in [4.69, 9.17) is 4.98 Å². The zero-order chi connectivity index (χ0) is 22.2. The highest BCUT2D eigenvalue weighted by molar-refractivity contribution is 6.01. The van der Waals surface area contributed by atoms with Gasteiger partial charge in [0.25, 0.3) is 0 Å². The SMILES string of the molecule is O=C(O)c1ccc(-c2ccc(-c3ccc(C(=O)O)cc3)c3[nH]c([C@@H]4CCCN4)nc23)cc1. The van der Waals surface area contributed by atoms with Gasteiger partial charge in [-0.25, -0.2) is 14.6 Å². The molecule has 1 atom stereocenters. The first-order valence-corrected chi connectivity index (χ1v) is 10.4. The summed E-state index contributed by atoms with van der Waals surface area (Å²) in [5.74, 6) is -1.05. The second-order valence-electron chi connectivity index (χ2n) is 7.92. The second kappa shape index (κ2) is 7.94. The maximum Gasteiger partial charge on any atom is 0.335 e. The summed E-state index contributed by atoms with van der Waals surface area (Å²) in [6.07, 6.45) is 2.10. The van der Waals surface area contributed by atoms with Gasteiger partial charge in [-0.1, -0.05) is 36.4 Å². The topological polar surface area (TPSA) is 115 Å². The summed E-state index contributed by atoms with van der Waals surface area (Å²) in [5, 5.41) is 21.9. The monoisotopic (exact) mass is 427 g/mol. The van der Waals surface area contributed by atoms with Gasteiger partial charge in [-0.05, 0) is 54.8 Å². The number of H-pyrrole nitrogens is 1. The molecule has 7 heteroatoms. The Morgan fingerprint density at radius 1 is 0.812 bits per heavy atom. The smallest absolute Gasteiger partial charge is 0.335 e. The van der Waals surface area contributed by atoms with Crippen molar-refractivity contribution >= 4 is 23.0 Å². The minimum Gasteiger partial charge on any atom is -0.478 e. The van der Waals surface area contributed by atoms with E-state index in [1.165, 1.54) is 0 Å². The van der Waals surface area contributed by atoms with E-state index in [0.717, 1.165) is 58.5 Å². The first-order valence-electron chi connectivity index (χ1n) is 10.4. The van der Waals surface area contributed by atoms with Crippen molar-refractivity contribution in [2.75, 3.05) is 6.54 Å². The van der Waals surface area contributed by atoms with Crippen LogP contribution in [-0.2, 0) is 0 Å². The van der Waals surface area contributed by atoms with Crippen molar-refractivity contribution in [1.29, 1.82) is 0 Å². The Bertz CT molecular complexity index is 1220. The lowest BCUT2D eigenvalue weighted by molar-refractivity contribution is 0.0686. The zero-order valence-electron chi connectivity index (χ0n) is 17.1. The van der Waals surface area contributed by atoms with Crippen molar-refractivity contribution in [3.63, 3.8) is 0 Å². The number of nitrogens with zero attached hydrogens (tertiary/aromatic N) is 1. The van der Waals surface area contributed by atoms with Crippen molar-refractivity contribution in [1.82, 2.24) is 15.3 Å². The van der Waals surface area contributed by atoms with Gasteiger partial charge >= 0.3 is 11.9 Å². The predicted molar refractivity (Wildman–Crippen MR) is 121 cm³/mol. The molecule has 0 aliphatic carbocycles. The molecule has 2 heterocycles. The molecule has 4 aromatic rings. The molecule has 0 amide bonds. The summed E-state index contributed by atoms with van der Waals surface area (Å²) >= 11 is 0. The molecule has 32 heavy (non-hydrogen) atoms. The van der Waals surface area contributed by atoms with Gasteiger partial charge in [0.2, 0.25) is 0 Å². The lowest BCUT2D eigenvalue weighted by atomic mass is 9.97. The van der Waals surface area contributed by atoms with Crippen LogP contribution in [0.25, 0.3) is 33.3 Å². The van der Waals surface area contributed by atoms with E-state index in [0.29, 0.717) is 0 Å². The Morgan fingerprint density at radius 2 is 1.38 bits per heavy atom. The quantitative estimate of drug-likeness (QED) is 0.366. The van der Waals surface area contributed by atoms with E-state index in [1.54, 1.807) is 48.5 Å². The van der Waals surface area contributed by atoms with E-state index >= 15 is 0 Å². The number of aromatic nitrogens is 2. The first kappa shape index (κ1) is 20.0. The van der Waals surface area contributed by atoms with Gasteiger partial charge in [-0.3, -0.25) is 0 Å². The second-order valence-corrected chi connectivity index (χ2v) is 7.92. The lowest BCUT2D eigenvalue weighted by Gasteiger charge is -2.08. The number of fused-ring (bicyclic) bond motifs is 1. The van der Waals surface area contributed by atoms with Gasteiger partial charge in [-0.15, -0.1) is 0 Å². The van der Waals surface area contributed by atoms with Crippen molar-refractivity contribution < 1.29 is 19.8 Å². The summed E-state index contributed by atoms with van der Waals surface area (Å²) in [5.41, 5.74) is 5.75. The van der Waals surface area contributed by atoms with Gasteiger partial charge in [0, 0.05) is 11.1 Å². The van der Waals surface area contributed by atoms with Crippen LogP contribution in [0.5, 0.6) is 0 Å². The van der Waals surface area contributed by atoms with Crippen LogP contribution in [0.4, 0.5) is 0 Å². The van der Waals surface area contributed by atoms with Gasteiger partial charge in [0.15, 0.2) is 0 Å². The van der Waals surface area contributed by atoms with E-state index < -0.39 is 11.9 Å². The molecule has 1 aliphatic heterocycles. The Morgan fingerprint density at radius 3 is 1.91 bits per heavy atom. The molecule has 0 bridgehead atoms. The normalized spacial score (nSPS) is 15.8. The molecule has 0 radical (unpaired) electrons. The summed E-state index contributed by atoms with van der Waals surface area (Å²) < 4.78 is 0. The fourth-order valence-corrected chi connectivity index (χ4v) is 4.25. The Kier molecular flexibility index (Phi) is 4.95. The number of hydrogen-bond acceptors (Lipinski definition) is 4. The number of rotatable bonds is 5. The minimum absolute atomic E-state index is 0.159. The Labute approximate surface area is 183 Å². The summed E-state index contributed by atoms with van der Waals surface area (Å²) in [6.45, 7) is 0.953. The number of aromatic carboxylic acids is 2. The number of nitrogens with one attached hydrogen (secondary N) is 2. The fourth-order valence-electron chi connectivity index (χ4n) is 4.25. The van der Waals surface area contributed by atoms with Crippen LogP contribution in [0, 0.1) is 0 Å². The highest BCUT2D eigenvalue weighted by atomic mass is 16.4. The van der Waals surface area contributed by atoms with Crippen LogP contribution in [0.3, 0.4) is 0 Å². The van der Waals surface area contributed by atoms with Crippen molar-refractivity contribution in [3.05, 3.63) is 77.6 Å². The molecule has 7 nitrogen and oxygen atoms in total. The molecule has 1 saturated heterocycles. The van der Waals surface area contributed by atoms with Gasteiger partial charge in [-0.2, -0.15) is 0 Å². The lowest BCUT2D eigenvalue weighted by Crippen LogP contribution is -2.14. The number of imidazole rings is 1. The molecule has 4 N–H and O–H groups in total. The highest BCUT2D eigenvalue weighted by Gasteiger charge is 2.22. The molecule has 0 unspecified atom stereocenters. The molecular weight excluding hydrogens is 406 g/mol. The average Bonchev–Trinajstić information content (AvgIpc) is 3.49. The largest absolute Gasteiger partial charge is 0.478 e. The van der Waals surface area contributed by atoms with Crippen LogP contribution in [0.1, 0.15) is 45.4 Å². The van der Waals surface area contributed by atoms with E-state index in [2.05, 4.69) is 10.3 Å². The van der Waals surface area contributed by atoms with Gasteiger partial charge in [0.05, 0.1) is 28.2 Å². The molecule has 1 aliphatic rings. The van der Waals surface area contributed by atoms with E-state index in [-0.39, 0.29) is 17.2 Å². The third-order valence-electron chi connectivity index (χ3n) is 5.94. The van der Waals surface area contributed by atoms with Crippen molar-refractivity contribution in [3.8, 4) is 22.3 Å². The highest BCUT2D eigenvalue weighted by Crippen LogP contribution is 2.36. The van der Waals surface area contributed by atoms with Crippen molar-refractivity contribution in [2.45, 2.75) is 18.9 Å². The molecular formula is C25H21N3O4. The third kappa shape index (κ3) is 3.52. The Hall–Kier alpha value is -3.97. The molecule has 1 aromatic heterocycles. The molecule has 0 spiro atoms. The van der Waals surface area contributed by atoms with Crippen LogP contribution in [0.15, 0.2) is 60.7 Å². The molecule has 5 rings (SSSR count). The summed E-state index contributed by atoms with van der Waals surface area (Å²) in [7, 11) is 0. The van der Waals surface area contributed by atoms with Crippen LogP contribution < -0.4 is 5.32 Å². The third-order valence-corrected chi connectivity index (χ3v) is 5.94. The standard InChI is InChI=1S/C25H21N3O4/c29-24(30)16-7-3-14(4-8-16)18-11-12-19(15-5-9-17(10-6-15)25(31)32)22-21(18)27-23(28-22)20-2-1-13-26-20/h3-12,20,26H,1-2,13H2,(H,27,28)(H,29,30)(H,31,32)/t20-/m0/s1. The molecule has 1 fully saturated rings. The van der Waals surface area contributed by atoms with E-state index in [1.807, 2.05) is 12.1 Å². The fraction of sp³-hybridized carbons (Fsp3) is 0.160. The van der Waals surface area contributed by atoms with Crippen molar-refractivity contribution in [2.24, 2.45) is 0 Å². The zero-order valence-corrected chi connectivity index (χ0v) is 17.1. The van der Waals surface area contributed by atoms with Crippen LogP contribution in [0.2, 0.25) is 0 Å². The number of carboxylic acids is 2. The molecule has 160 valence electrons. The number of benzene rings is 3. The maximum absolute atomic E-state index is 11.2. The number of carbonyl (C=O) groups is 2. The number of aromatic amines is 1. The van der Waals surface area contributed by atoms with E-state index in [9.17, 15) is 19.8 Å². The number of carboxylic acid groups (broad SMARTS) is 2. The minimum atomic E-state index is -0.962. The maximum atomic E-state index is 11.2. The first-order chi connectivity index (χ1) is 15.5. The van der Waals surface area contributed by atoms with Gasteiger partial charge in [0.1, 0.15) is 5.82 Å². The Balaban J connectivity index is 1.66. The molecule has 3 aromatic carbocycles. The van der Waals surface area contributed by atoms with Crippen LogP contribution in [-0.4, -0.2) is 38.7 Å².